The molecule has 0 aromatic heterocycles. The quantitative estimate of drug-likeness (QED) is 0.831. The molecule has 1 aromatic rings. The molecule has 0 aliphatic heterocycles. The number of benzene rings is 1. The highest BCUT2D eigenvalue weighted by atomic mass is 35.5. The minimum atomic E-state index is -1.01. The van der Waals surface area contributed by atoms with Gasteiger partial charge in [0.15, 0.2) is 0 Å². The van der Waals surface area contributed by atoms with E-state index >= 15 is 0 Å². The Balaban J connectivity index is 2.85. The van der Waals surface area contributed by atoms with Gasteiger partial charge in [-0.05, 0) is 23.8 Å². The molecule has 0 atom stereocenters. The summed E-state index contributed by atoms with van der Waals surface area (Å²) in [5.41, 5.74) is 1.54. The largest absolute Gasteiger partial charge is 0.478 e. The maximum atomic E-state index is 10.4. The number of hydrogen-bond donors (Lipinski definition) is 1. The third kappa shape index (κ3) is 4.11. The maximum Gasteiger partial charge on any atom is 0.328 e. The van der Waals surface area contributed by atoms with Gasteiger partial charge in [0.1, 0.15) is 0 Å². The summed E-state index contributed by atoms with van der Waals surface area (Å²) >= 11 is 6.06. The minimum absolute atomic E-state index is 0.439. The number of carboxylic acids is 1. The van der Waals surface area contributed by atoms with Crippen molar-refractivity contribution in [1.82, 2.24) is 0 Å². The van der Waals surface area contributed by atoms with Crippen LogP contribution in [-0.2, 0) is 4.79 Å². The third-order valence-corrected chi connectivity index (χ3v) is 2.72. The van der Waals surface area contributed by atoms with Gasteiger partial charge in [-0.1, -0.05) is 17.7 Å². The summed E-state index contributed by atoms with van der Waals surface area (Å²) in [7, 11) is 1.87. The standard InChI is InChI=1S/C13H13ClN2O2/c1-16(8-2-7-15)11-5-3-10(12(14)9-11)4-6-13(17)18/h3-6,9H,2,8H2,1H3,(H,17,18)/b6-4+. The van der Waals surface area contributed by atoms with Crippen LogP contribution in [0.25, 0.3) is 6.08 Å². The van der Waals surface area contributed by atoms with Crippen molar-refractivity contribution in [2.45, 2.75) is 6.42 Å². The van der Waals surface area contributed by atoms with Crippen molar-refractivity contribution in [2.24, 2.45) is 0 Å². The molecule has 0 spiro atoms. The maximum absolute atomic E-state index is 10.4. The average molecular weight is 265 g/mol. The summed E-state index contributed by atoms with van der Waals surface area (Å²) in [4.78, 5) is 12.3. The number of aliphatic carboxylic acids is 1. The van der Waals surface area contributed by atoms with Gasteiger partial charge in [0.2, 0.25) is 0 Å². The lowest BCUT2D eigenvalue weighted by Gasteiger charge is -2.18. The molecular formula is C13H13ClN2O2. The topological polar surface area (TPSA) is 64.3 Å². The smallest absolute Gasteiger partial charge is 0.328 e. The first-order valence-corrected chi connectivity index (χ1v) is 5.71. The monoisotopic (exact) mass is 264 g/mol. The van der Waals surface area contributed by atoms with Crippen molar-refractivity contribution in [1.29, 1.82) is 5.26 Å². The summed E-state index contributed by atoms with van der Waals surface area (Å²) in [6.07, 6.45) is 2.93. The molecule has 0 fully saturated rings. The molecule has 0 radical (unpaired) electrons. The van der Waals surface area contributed by atoms with E-state index in [0.29, 0.717) is 23.6 Å². The van der Waals surface area contributed by atoms with Crippen molar-refractivity contribution in [3.05, 3.63) is 34.9 Å². The Hall–Kier alpha value is -1.99. The predicted octanol–water partition coefficient (Wildman–Crippen LogP) is 2.79. The fraction of sp³-hybridized carbons (Fsp3) is 0.231. The van der Waals surface area contributed by atoms with E-state index in [1.165, 1.54) is 6.08 Å². The Labute approximate surface area is 111 Å². The van der Waals surface area contributed by atoms with Crippen molar-refractivity contribution >= 4 is 29.3 Å². The van der Waals surface area contributed by atoms with Crippen LogP contribution in [0.15, 0.2) is 24.3 Å². The SMILES string of the molecule is CN(CCC#N)c1ccc(/C=C/C(=O)O)c(Cl)c1. The number of halogens is 1. The van der Waals surface area contributed by atoms with E-state index in [-0.39, 0.29) is 0 Å². The van der Waals surface area contributed by atoms with Crippen LogP contribution in [0, 0.1) is 11.3 Å². The lowest BCUT2D eigenvalue weighted by atomic mass is 10.2. The first-order valence-electron chi connectivity index (χ1n) is 5.33. The zero-order chi connectivity index (χ0) is 13.5. The molecule has 0 aliphatic carbocycles. The molecule has 1 rings (SSSR count). The normalized spacial score (nSPS) is 10.3. The summed E-state index contributed by atoms with van der Waals surface area (Å²) in [5.74, 6) is -1.01. The molecule has 0 heterocycles. The van der Waals surface area contributed by atoms with E-state index in [0.717, 1.165) is 11.8 Å². The molecule has 0 amide bonds. The molecular weight excluding hydrogens is 252 g/mol. The number of carbonyl (C=O) groups is 1. The number of nitrogens with zero attached hydrogens (tertiary/aromatic N) is 2. The number of carboxylic acid groups (broad SMARTS) is 1. The molecule has 0 saturated carbocycles. The third-order valence-electron chi connectivity index (χ3n) is 2.39. The minimum Gasteiger partial charge on any atom is -0.478 e. The lowest BCUT2D eigenvalue weighted by molar-refractivity contribution is -0.131. The fourth-order valence-electron chi connectivity index (χ4n) is 1.40. The zero-order valence-electron chi connectivity index (χ0n) is 9.93. The highest BCUT2D eigenvalue weighted by Crippen LogP contribution is 2.24. The summed E-state index contributed by atoms with van der Waals surface area (Å²) < 4.78 is 0. The Kier molecular flexibility index (Phi) is 5.22. The van der Waals surface area contributed by atoms with Crippen LogP contribution in [0.3, 0.4) is 0 Å². The van der Waals surface area contributed by atoms with Crippen LogP contribution in [0.4, 0.5) is 5.69 Å². The molecule has 18 heavy (non-hydrogen) atoms. The molecule has 0 saturated heterocycles. The molecule has 0 aliphatic rings. The van der Waals surface area contributed by atoms with Gasteiger partial charge in [0.25, 0.3) is 0 Å². The van der Waals surface area contributed by atoms with Crippen LogP contribution in [0.1, 0.15) is 12.0 Å². The van der Waals surface area contributed by atoms with Crippen LogP contribution in [0.2, 0.25) is 5.02 Å². The van der Waals surface area contributed by atoms with Crippen LogP contribution in [0.5, 0.6) is 0 Å². The number of rotatable bonds is 5. The van der Waals surface area contributed by atoms with E-state index in [9.17, 15) is 4.79 Å². The molecule has 4 nitrogen and oxygen atoms in total. The van der Waals surface area contributed by atoms with Gasteiger partial charge in [-0.15, -0.1) is 0 Å². The van der Waals surface area contributed by atoms with Gasteiger partial charge in [-0.25, -0.2) is 4.79 Å². The zero-order valence-corrected chi connectivity index (χ0v) is 10.7. The van der Waals surface area contributed by atoms with E-state index in [1.54, 1.807) is 12.1 Å². The van der Waals surface area contributed by atoms with Crippen molar-refractivity contribution in [3.63, 3.8) is 0 Å². The lowest BCUT2D eigenvalue weighted by Crippen LogP contribution is -2.17. The average Bonchev–Trinajstić information content (AvgIpc) is 2.34. The van der Waals surface area contributed by atoms with E-state index in [4.69, 9.17) is 22.0 Å². The summed E-state index contributed by atoms with van der Waals surface area (Å²) in [6.45, 7) is 0.622. The van der Waals surface area contributed by atoms with E-state index in [2.05, 4.69) is 6.07 Å². The second-order valence-corrected chi connectivity index (χ2v) is 4.11. The molecule has 1 aromatic carbocycles. The fourth-order valence-corrected chi connectivity index (χ4v) is 1.63. The van der Waals surface area contributed by atoms with E-state index in [1.807, 2.05) is 18.0 Å². The number of hydrogen-bond acceptors (Lipinski definition) is 3. The van der Waals surface area contributed by atoms with Crippen LogP contribution >= 0.6 is 11.6 Å². The Morgan fingerprint density at radius 2 is 2.33 bits per heavy atom. The summed E-state index contributed by atoms with van der Waals surface area (Å²) in [5, 5.41) is 17.5. The second kappa shape index (κ2) is 6.67. The highest BCUT2D eigenvalue weighted by molar-refractivity contribution is 6.32. The van der Waals surface area contributed by atoms with Gasteiger partial charge in [0.05, 0.1) is 12.5 Å². The van der Waals surface area contributed by atoms with Gasteiger partial charge < -0.3 is 10.0 Å². The van der Waals surface area contributed by atoms with E-state index < -0.39 is 5.97 Å². The van der Waals surface area contributed by atoms with Crippen molar-refractivity contribution in [2.75, 3.05) is 18.5 Å². The highest BCUT2D eigenvalue weighted by Gasteiger charge is 2.04. The Morgan fingerprint density at radius 3 is 2.89 bits per heavy atom. The predicted molar refractivity (Wildman–Crippen MR) is 71.6 cm³/mol. The second-order valence-electron chi connectivity index (χ2n) is 3.71. The molecule has 5 heteroatoms. The number of nitriles is 1. The Bertz CT molecular complexity index is 506. The van der Waals surface area contributed by atoms with Gasteiger partial charge in [-0.3, -0.25) is 0 Å². The number of anilines is 1. The van der Waals surface area contributed by atoms with Gasteiger partial charge >= 0.3 is 5.97 Å². The van der Waals surface area contributed by atoms with Crippen molar-refractivity contribution < 1.29 is 9.90 Å². The van der Waals surface area contributed by atoms with Crippen LogP contribution in [-0.4, -0.2) is 24.7 Å². The molecule has 1 N–H and O–H groups in total. The first kappa shape index (κ1) is 14.1. The Morgan fingerprint density at radius 1 is 1.61 bits per heavy atom. The first-order chi connectivity index (χ1) is 8.54. The summed E-state index contributed by atoms with van der Waals surface area (Å²) in [6, 6.07) is 7.41. The molecule has 0 bridgehead atoms. The molecule has 94 valence electrons. The molecule has 0 unspecified atom stereocenters. The van der Waals surface area contributed by atoms with Gasteiger partial charge in [0, 0.05) is 30.4 Å². The van der Waals surface area contributed by atoms with Crippen LogP contribution < -0.4 is 4.90 Å². The van der Waals surface area contributed by atoms with Gasteiger partial charge in [-0.2, -0.15) is 5.26 Å². The van der Waals surface area contributed by atoms with Crippen molar-refractivity contribution in [3.8, 4) is 6.07 Å².